The van der Waals surface area contributed by atoms with Crippen molar-refractivity contribution in [1.29, 1.82) is 0 Å². The van der Waals surface area contributed by atoms with Gasteiger partial charge in [0.2, 0.25) is 17.7 Å². The molecule has 5 N–H and O–H groups in total. The topological polar surface area (TPSA) is 129 Å². The van der Waals surface area contributed by atoms with Crippen molar-refractivity contribution in [1.82, 2.24) is 21.3 Å². The summed E-state index contributed by atoms with van der Waals surface area (Å²) in [6.45, 7) is 8.16. The third-order valence-electron chi connectivity index (χ3n) is 7.09. The highest BCUT2D eigenvalue weighted by Gasteiger charge is 2.31. The van der Waals surface area contributed by atoms with Crippen LogP contribution in [0.2, 0.25) is 0 Å². The Morgan fingerprint density at radius 2 is 1.78 bits per heavy atom. The largest absolute Gasteiger partial charge is 0.505 e. The number of hydrogen-bond donors (Lipinski definition) is 5. The molecule has 4 atom stereocenters. The number of para-hydroxylation sites is 1. The Balaban J connectivity index is 1.91. The van der Waals surface area contributed by atoms with Crippen LogP contribution >= 0.6 is 0 Å². The van der Waals surface area contributed by atoms with Crippen molar-refractivity contribution in [3.63, 3.8) is 0 Å². The van der Waals surface area contributed by atoms with E-state index in [1.54, 1.807) is 6.07 Å². The molecule has 2 aromatic rings. The molecular weight excluding hydrogens is 527 g/mol. The average Bonchev–Trinajstić information content (AvgIpc) is 2.93. The van der Waals surface area contributed by atoms with Gasteiger partial charge < -0.3 is 25.8 Å². The molecule has 10 heteroatoms. The lowest BCUT2D eigenvalue weighted by molar-refractivity contribution is -0.133. The maximum absolute atomic E-state index is 14.1. The van der Waals surface area contributed by atoms with E-state index in [0.29, 0.717) is 37.8 Å². The van der Waals surface area contributed by atoms with Gasteiger partial charge in [-0.1, -0.05) is 51.5 Å². The molecular formula is C31H43FN4O5. The van der Waals surface area contributed by atoms with Gasteiger partial charge in [-0.2, -0.15) is 0 Å². The molecule has 1 aliphatic heterocycles. The average molecular weight is 571 g/mol. The normalized spacial score (nSPS) is 23.3. The van der Waals surface area contributed by atoms with E-state index >= 15 is 0 Å². The van der Waals surface area contributed by atoms with Crippen molar-refractivity contribution in [3.05, 3.63) is 59.4 Å². The zero-order valence-corrected chi connectivity index (χ0v) is 24.3. The molecule has 0 radical (unpaired) electrons. The van der Waals surface area contributed by atoms with E-state index < -0.39 is 41.5 Å². The minimum Gasteiger partial charge on any atom is -0.505 e. The van der Waals surface area contributed by atoms with Crippen molar-refractivity contribution in [2.75, 3.05) is 13.2 Å². The molecule has 224 valence electrons. The van der Waals surface area contributed by atoms with Crippen molar-refractivity contribution >= 4 is 17.7 Å². The van der Waals surface area contributed by atoms with Crippen molar-refractivity contribution in [2.45, 2.75) is 84.0 Å². The van der Waals surface area contributed by atoms with E-state index in [0.717, 1.165) is 11.3 Å². The van der Waals surface area contributed by atoms with Crippen LogP contribution in [-0.4, -0.2) is 60.1 Å². The van der Waals surface area contributed by atoms with Gasteiger partial charge in [-0.25, -0.2) is 4.39 Å². The molecule has 3 amide bonds. The number of phenolic OH excluding ortho intramolecular Hbond substituents is 1. The highest BCUT2D eigenvalue weighted by atomic mass is 19.1. The Kier molecular flexibility index (Phi) is 11.9. The first-order valence-electron chi connectivity index (χ1n) is 14.4. The fourth-order valence-electron chi connectivity index (χ4n) is 4.82. The van der Waals surface area contributed by atoms with Gasteiger partial charge in [0.15, 0.2) is 11.6 Å². The van der Waals surface area contributed by atoms with E-state index in [1.807, 2.05) is 52.0 Å². The molecule has 9 nitrogen and oxygen atoms in total. The zero-order chi connectivity index (χ0) is 29.9. The number of ether oxygens (including phenoxy) is 1. The third-order valence-corrected chi connectivity index (χ3v) is 7.09. The first-order chi connectivity index (χ1) is 19.6. The molecule has 1 heterocycles. The molecule has 0 aliphatic carbocycles. The number of rotatable bonds is 5. The predicted molar refractivity (Wildman–Crippen MR) is 155 cm³/mol. The van der Waals surface area contributed by atoms with E-state index in [9.17, 15) is 23.9 Å². The second-order valence-corrected chi connectivity index (χ2v) is 11.0. The Bertz CT molecular complexity index is 1190. The maximum Gasteiger partial charge on any atom is 0.243 e. The lowest BCUT2D eigenvalue weighted by atomic mass is 9.99. The van der Waals surface area contributed by atoms with Gasteiger partial charge >= 0.3 is 0 Å². The quantitative estimate of drug-likeness (QED) is 0.376. The van der Waals surface area contributed by atoms with Gasteiger partial charge in [-0.15, -0.1) is 0 Å². The minimum atomic E-state index is -0.896. The SMILES string of the molecule is CCC[C@@H]1NC(=O)[C@@H](C(C)C)NC(=O)[C@@H](Cc2ccc(O)c(F)c2)N[C@@H](C)COc2ccccc2CCCNC1=O. The molecule has 0 unspecified atom stereocenters. The fraction of sp³-hybridized carbons (Fsp3) is 0.516. The Hall–Kier alpha value is -3.66. The van der Waals surface area contributed by atoms with Crippen LogP contribution in [-0.2, 0) is 27.2 Å². The second-order valence-electron chi connectivity index (χ2n) is 11.0. The molecule has 0 saturated heterocycles. The van der Waals surface area contributed by atoms with E-state index in [1.165, 1.54) is 12.1 Å². The Morgan fingerprint density at radius 1 is 1.02 bits per heavy atom. The first-order valence-corrected chi connectivity index (χ1v) is 14.4. The van der Waals surface area contributed by atoms with Crippen LogP contribution < -0.4 is 26.0 Å². The molecule has 0 aromatic heterocycles. The van der Waals surface area contributed by atoms with Crippen LogP contribution in [0.3, 0.4) is 0 Å². The summed E-state index contributed by atoms with van der Waals surface area (Å²) in [6, 6.07) is 8.95. The van der Waals surface area contributed by atoms with E-state index in [2.05, 4.69) is 21.3 Å². The smallest absolute Gasteiger partial charge is 0.243 e. The van der Waals surface area contributed by atoms with Gasteiger partial charge in [0, 0.05) is 12.6 Å². The lowest BCUT2D eigenvalue weighted by Crippen LogP contribution is -2.59. The van der Waals surface area contributed by atoms with Gasteiger partial charge in [-0.3, -0.25) is 19.7 Å². The highest BCUT2D eigenvalue weighted by Crippen LogP contribution is 2.21. The summed E-state index contributed by atoms with van der Waals surface area (Å²) >= 11 is 0. The number of carbonyl (C=O) groups is 3. The van der Waals surface area contributed by atoms with Crippen LogP contribution in [0.5, 0.6) is 11.5 Å². The number of aryl methyl sites for hydroxylation is 1. The zero-order valence-electron chi connectivity index (χ0n) is 24.3. The molecule has 41 heavy (non-hydrogen) atoms. The number of hydrogen-bond acceptors (Lipinski definition) is 6. The summed E-state index contributed by atoms with van der Waals surface area (Å²) < 4.78 is 20.2. The number of nitrogens with one attached hydrogen (secondary N) is 4. The summed E-state index contributed by atoms with van der Waals surface area (Å²) in [4.78, 5) is 39.9. The molecule has 3 rings (SSSR count). The third kappa shape index (κ3) is 9.45. The molecule has 0 fully saturated rings. The predicted octanol–water partition coefficient (Wildman–Crippen LogP) is 2.99. The molecule has 1 aliphatic rings. The summed E-state index contributed by atoms with van der Waals surface area (Å²) in [5, 5.41) is 21.5. The number of fused-ring (bicyclic) bond motifs is 1. The van der Waals surface area contributed by atoms with Crippen LogP contribution in [0.15, 0.2) is 42.5 Å². The Labute approximate surface area is 241 Å². The Morgan fingerprint density at radius 3 is 2.49 bits per heavy atom. The van der Waals surface area contributed by atoms with Gasteiger partial charge in [0.25, 0.3) is 0 Å². The number of phenols is 1. The molecule has 2 aromatic carbocycles. The van der Waals surface area contributed by atoms with E-state index in [4.69, 9.17) is 4.74 Å². The fourth-order valence-corrected chi connectivity index (χ4v) is 4.82. The number of benzene rings is 2. The number of aromatic hydroxyl groups is 1. The first kappa shape index (κ1) is 31.9. The highest BCUT2D eigenvalue weighted by molar-refractivity contribution is 5.93. The molecule has 0 spiro atoms. The van der Waals surface area contributed by atoms with Crippen LogP contribution in [0.4, 0.5) is 4.39 Å². The van der Waals surface area contributed by atoms with Crippen molar-refractivity contribution in [2.24, 2.45) is 5.92 Å². The monoisotopic (exact) mass is 570 g/mol. The van der Waals surface area contributed by atoms with Crippen LogP contribution in [0.25, 0.3) is 0 Å². The van der Waals surface area contributed by atoms with Crippen molar-refractivity contribution in [3.8, 4) is 11.5 Å². The van der Waals surface area contributed by atoms with Gasteiger partial charge in [0.1, 0.15) is 24.4 Å². The molecule has 0 saturated carbocycles. The molecule has 0 bridgehead atoms. The van der Waals surface area contributed by atoms with Crippen LogP contribution in [0, 0.1) is 11.7 Å². The summed E-state index contributed by atoms with van der Waals surface area (Å²) in [5.41, 5.74) is 1.50. The summed E-state index contributed by atoms with van der Waals surface area (Å²) in [5.74, 6) is -1.94. The van der Waals surface area contributed by atoms with Crippen molar-refractivity contribution < 1.29 is 28.6 Å². The standard InChI is InChI=1S/C31H43FN4O5/c1-5-9-24-29(38)33-15-8-11-22-10-6-7-12-27(22)41-18-20(4)34-25(17-21-13-14-26(37)23(32)16-21)30(39)36-28(19(2)3)31(40)35-24/h6-7,10,12-14,16,19-20,24-25,28,34,37H,5,8-9,11,15,17-18H2,1-4H3,(H,33,38)(H,35,40)(H,36,39)/t20-,24-,25+,28+/m0/s1. The van der Waals surface area contributed by atoms with Crippen LogP contribution in [0.1, 0.15) is 58.1 Å². The second kappa shape index (κ2) is 15.4. The minimum absolute atomic E-state index is 0.108. The summed E-state index contributed by atoms with van der Waals surface area (Å²) in [6.07, 6.45) is 2.64. The van der Waals surface area contributed by atoms with E-state index in [-0.39, 0.29) is 30.9 Å². The van der Waals surface area contributed by atoms with Gasteiger partial charge in [-0.05, 0) is 67.9 Å². The maximum atomic E-state index is 14.1. The number of amides is 3. The lowest BCUT2D eigenvalue weighted by Gasteiger charge is -2.29. The number of carbonyl (C=O) groups excluding carboxylic acids is 3. The summed E-state index contributed by atoms with van der Waals surface area (Å²) in [7, 11) is 0. The van der Waals surface area contributed by atoms with Gasteiger partial charge in [0.05, 0.1) is 6.04 Å². The number of halogens is 1.